The van der Waals surface area contributed by atoms with Gasteiger partial charge in [0.25, 0.3) is 0 Å². The standard InChI is InChI=1S/C13H21N3/c1-4-12(10-6-2-8-14-10)16-13(5-1)11-7-3-9-15-11/h12-13,16H,1-9H2. The van der Waals surface area contributed by atoms with E-state index in [1.165, 1.54) is 56.4 Å². The molecule has 0 bridgehead atoms. The van der Waals surface area contributed by atoms with E-state index in [1.807, 2.05) is 0 Å². The molecule has 3 rings (SSSR count). The molecule has 0 aliphatic carbocycles. The van der Waals surface area contributed by atoms with Crippen molar-refractivity contribution in [3.05, 3.63) is 0 Å². The molecular weight excluding hydrogens is 198 g/mol. The van der Waals surface area contributed by atoms with Crippen molar-refractivity contribution in [1.29, 1.82) is 0 Å². The lowest BCUT2D eigenvalue weighted by Gasteiger charge is -2.31. The molecule has 0 radical (unpaired) electrons. The Morgan fingerprint density at radius 2 is 1.38 bits per heavy atom. The SMILES string of the molecule is C1CN=C(C2CCCC(C3=NCCC3)N2)C1. The van der Waals surface area contributed by atoms with Crippen molar-refractivity contribution in [2.45, 2.75) is 57.0 Å². The summed E-state index contributed by atoms with van der Waals surface area (Å²) < 4.78 is 0. The Labute approximate surface area is 97.4 Å². The van der Waals surface area contributed by atoms with E-state index >= 15 is 0 Å². The van der Waals surface area contributed by atoms with Crippen LogP contribution in [0.3, 0.4) is 0 Å². The van der Waals surface area contributed by atoms with E-state index in [4.69, 9.17) is 0 Å². The zero-order valence-corrected chi connectivity index (χ0v) is 9.91. The molecule has 1 saturated heterocycles. The van der Waals surface area contributed by atoms with Crippen LogP contribution in [0.5, 0.6) is 0 Å². The number of piperidine rings is 1. The lowest BCUT2D eigenvalue weighted by Crippen LogP contribution is -2.49. The van der Waals surface area contributed by atoms with Gasteiger partial charge in [0.1, 0.15) is 0 Å². The molecule has 0 saturated carbocycles. The second-order valence-corrected chi connectivity index (χ2v) is 5.16. The Bertz CT molecular complexity index is 289. The first kappa shape index (κ1) is 10.5. The Hall–Kier alpha value is -0.700. The maximum atomic E-state index is 4.63. The van der Waals surface area contributed by atoms with Crippen molar-refractivity contribution in [3.8, 4) is 0 Å². The van der Waals surface area contributed by atoms with Crippen molar-refractivity contribution in [3.63, 3.8) is 0 Å². The van der Waals surface area contributed by atoms with E-state index in [2.05, 4.69) is 15.3 Å². The molecule has 0 spiro atoms. The van der Waals surface area contributed by atoms with E-state index in [-0.39, 0.29) is 0 Å². The van der Waals surface area contributed by atoms with Gasteiger partial charge in [0.05, 0.1) is 0 Å². The molecule has 16 heavy (non-hydrogen) atoms. The minimum atomic E-state index is 0.560. The van der Waals surface area contributed by atoms with Gasteiger partial charge in [0.2, 0.25) is 0 Å². The van der Waals surface area contributed by atoms with Crippen molar-refractivity contribution < 1.29 is 0 Å². The predicted octanol–water partition coefficient (Wildman–Crippen LogP) is 1.97. The van der Waals surface area contributed by atoms with Crippen molar-refractivity contribution in [1.82, 2.24) is 5.32 Å². The first-order chi connectivity index (χ1) is 7.93. The zero-order chi connectivity index (χ0) is 10.8. The van der Waals surface area contributed by atoms with Gasteiger partial charge in [-0.15, -0.1) is 0 Å². The molecule has 2 unspecified atom stereocenters. The summed E-state index contributed by atoms with van der Waals surface area (Å²) in [5, 5.41) is 3.78. The quantitative estimate of drug-likeness (QED) is 0.757. The molecule has 0 aromatic rings. The van der Waals surface area contributed by atoms with Gasteiger partial charge in [0, 0.05) is 36.6 Å². The molecule has 3 aliphatic rings. The van der Waals surface area contributed by atoms with Crippen LogP contribution in [0.2, 0.25) is 0 Å². The van der Waals surface area contributed by atoms with Gasteiger partial charge in [0.15, 0.2) is 0 Å². The van der Waals surface area contributed by atoms with Crippen LogP contribution >= 0.6 is 0 Å². The average Bonchev–Trinajstić information content (AvgIpc) is 3.03. The van der Waals surface area contributed by atoms with Gasteiger partial charge in [-0.05, 0) is 44.9 Å². The van der Waals surface area contributed by atoms with Crippen molar-refractivity contribution in [2.24, 2.45) is 9.98 Å². The van der Waals surface area contributed by atoms with Gasteiger partial charge in [-0.25, -0.2) is 0 Å². The van der Waals surface area contributed by atoms with E-state index in [0.29, 0.717) is 12.1 Å². The highest BCUT2D eigenvalue weighted by molar-refractivity contribution is 5.94. The van der Waals surface area contributed by atoms with Crippen LogP contribution in [-0.4, -0.2) is 36.6 Å². The van der Waals surface area contributed by atoms with Crippen LogP contribution < -0.4 is 5.32 Å². The highest BCUT2D eigenvalue weighted by Crippen LogP contribution is 2.21. The van der Waals surface area contributed by atoms with E-state index < -0.39 is 0 Å². The zero-order valence-electron chi connectivity index (χ0n) is 9.91. The van der Waals surface area contributed by atoms with Crippen LogP contribution in [0.4, 0.5) is 0 Å². The summed E-state index contributed by atoms with van der Waals surface area (Å²) in [7, 11) is 0. The van der Waals surface area contributed by atoms with Gasteiger partial charge >= 0.3 is 0 Å². The molecule has 88 valence electrons. The largest absolute Gasteiger partial charge is 0.301 e. The lowest BCUT2D eigenvalue weighted by molar-refractivity contribution is 0.425. The number of nitrogens with one attached hydrogen (secondary N) is 1. The average molecular weight is 219 g/mol. The molecule has 0 aromatic heterocycles. The molecule has 3 heteroatoms. The first-order valence-electron chi connectivity index (χ1n) is 6.76. The van der Waals surface area contributed by atoms with Crippen molar-refractivity contribution >= 4 is 11.4 Å². The second kappa shape index (κ2) is 4.66. The molecular formula is C13H21N3. The summed E-state index contributed by atoms with van der Waals surface area (Å²) in [5.74, 6) is 0. The summed E-state index contributed by atoms with van der Waals surface area (Å²) in [5.41, 5.74) is 2.87. The van der Waals surface area contributed by atoms with Crippen molar-refractivity contribution in [2.75, 3.05) is 13.1 Å². The van der Waals surface area contributed by atoms with Crippen LogP contribution in [0.15, 0.2) is 9.98 Å². The number of nitrogens with zero attached hydrogens (tertiary/aromatic N) is 2. The summed E-state index contributed by atoms with van der Waals surface area (Å²) in [4.78, 5) is 9.27. The van der Waals surface area contributed by atoms with Gasteiger partial charge in [-0.1, -0.05) is 0 Å². The summed E-state index contributed by atoms with van der Waals surface area (Å²) in [6.07, 6.45) is 8.86. The highest BCUT2D eigenvalue weighted by atomic mass is 15.0. The predicted molar refractivity (Wildman–Crippen MR) is 67.6 cm³/mol. The maximum Gasteiger partial charge on any atom is 0.0455 e. The van der Waals surface area contributed by atoms with Crippen LogP contribution in [0, 0.1) is 0 Å². The number of aliphatic imine (C=N–C) groups is 2. The Morgan fingerprint density at radius 1 is 0.812 bits per heavy atom. The normalized spacial score (nSPS) is 35.0. The minimum absolute atomic E-state index is 0.560. The molecule has 0 amide bonds. The number of hydrogen-bond donors (Lipinski definition) is 1. The Kier molecular flexibility index (Phi) is 3.04. The second-order valence-electron chi connectivity index (χ2n) is 5.16. The number of rotatable bonds is 2. The van der Waals surface area contributed by atoms with Crippen LogP contribution in [0.1, 0.15) is 44.9 Å². The topological polar surface area (TPSA) is 36.8 Å². The molecule has 2 atom stereocenters. The molecule has 1 fully saturated rings. The first-order valence-corrected chi connectivity index (χ1v) is 6.76. The third-order valence-electron chi connectivity index (χ3n) is 4.00. The Balaban J connectivity index is 1.65. The summed E-state index contributed by atoms with van der Waals surface area (Å²) >= 11 is 0. The van der Waals surface area contributed by atoms with Gasteiger partial charge in [-0.2, -0.15) is 0 Å². The molecule has 1 N–H and O–H groups in total. The van der Waals surface area contributed by atoms with E-state index in [1.54, 1.807) is 0 Å². The third kappa shape index (κ3) is 2.05. The smallest absolute Gasteiger partial charge is 0.0455 e. The lowest BCUT2D eigenvalue weighted by atomic mass is 9.91. The summed E-state index contributed by atoms with van der Waals surface area (Å²) in [6.45, 7) is 2.11. The number of hydrogen-bond acceptors (Lipinski definition) is 3. The fourth-order valence-electron chi connectivity index (χ4n) is 3.15. The molecule has 3 aliphatic heterocycles. The monoisotopic (exact) mass is 219 g/mol. The maximum absolute atomic E-state index is 4.63. The van der Waals surface area contributed by atoms with E-state index in [9.17, 15) is 0 Å². The summed E-state index contributed by atoms with van der Waals surface area (Å²) in [6, 6.07) is 1.12. The Morgan fingerprint density at radius 3 is 1.81 bits per heavy atom. The van der Waals surface area contributed by atoms with Gasteiger partial charge in [-0.3, -0.25) is 9.98 Å². The molecule has 3 nitrogen and oxygen atoms in total. The highest BCUT2D eigenvalue weighted by Gasteiger charge is 2.29. The minimum Gasteiger partial charge on any atom is -0.301 e. The molecule has 0 aromatic carbocycles. The van der Waals surface area contributed by atoms with E-state index in [0.717, 1.165) is 13.1 Å². The molecule has 3 heterocycles. The van der Waals surface area contributed by atoms with Crippen LogP contribution in [-0.2, 0) is 0 Å². The third-order valence-corrected chi connectivity index (χ3v) is 4.00. The van der Waals surface area contributed by atoms with Gasteiger partial charge < -0.3 is 5.32 Å². The fourth-order valence-corrected chi connectivity index (χ4v) is 3.15. The van der Waals surface area contributed by atoms with Crippen LogP contribution in [0.25, 0.3) is 0 Å². The fraction of sp³-hybridized carbons (Fsp3) is 0.846.